The summed E-state index contributed by atoms with van der Waals surface area (Å²) < 4.78 is 58.8. The maximum atomic E-state index is 14.1. The van der Waals surface area contributed by atoms with Gasteiger partial charge in [-0.2, -0.15) is 10.2 Å². The Morgan fingerprint density at radius 2 is 1.51 bits per heavy atom. The highest BCUT2D eigenvalue weighted by molar-refractivity contribution is 7.44. The first-order valence-corrected chi connectivity index (χ1v) is 25.3. The number of amides is 1. The first-order valence-electron chi connectivity index (χ1n) is 21.7. The molecule has 0 aliphatic carbocycles. The van der Waals surface area contributed by atoms with Gasteiger partial charge in [-0.05, 0) is 92.8 Å². The number of methoxy groups -OCH3 is 2. The molecule has 340 valence electrons. The molecule has 0 radical (unpaired) electrons. The Labute approximate surface area is 376 Å². The molecule has 5 rings (SSSR count). The summed E-state index contributed by atoms with van der Waals surface area (Å²) in [7, 11) is -1.37. The highest BCUT2D eigenvalue weighted by Crippen LogP contribution is 2.52. The van der Waals surface area contributed by atoms with Crippen molar-refractivity contribution in [2.75, 3.05) is 32.8 Å². The third-order valence-electron chi connectivity index (χ3n) is 11.4. The lowest BCUT2D eigenvalue weighted by atomic mass is 9.80. The minimum absolute atomic E-state index is 0.0318. The molecule has 1 amide bonds. The van der Waals surface area contributed by atoms with E-state index in [2.05, 4.69) is 82.6 Å². The number of ether oxygens (including phenoxy) is 4. The van der Waals surface area contributed by atoms with Crippen molar-refractivity contribution in [1.29, 1.82) is 5.26 Å². The van der Waals surface area contributed by atoms with Gasteiger partial charge < -0.3 is 37.7 Å². The molecule has 14 nitrogen and oxygen atoms in total. The van der Waals surface area contributed by atoms with E-state index in [1.54, 1.807) is 14.2 Å². The number of aromatic nitrogens is 2. The molecule has 3 aromatic carbocycles. The number of carbonyl (C=O) groups excluding carboxylic acids is 1. The molecule has 63 heavy (non-hydrogen) atoms. The van der Waals surface area contributed by atoms with Crippen LogP contribution >= 0.6 is 8.53 Å². The first kappa shape index (κ1) is 48.0. The van der Waals surface area contributed by atoms with Crippen LogP contribution in [-0.2, 0) is 33.3 Å². The minimum Gasteiger partial charge on any atom is -0.497 e. The number of anilines is 1. The number of nitrogens with zero attached hydrogens (tertiary/aromatic N) is 4. The van der Waals surface area contributed by atoms with Crippen LogP contribution in [0, 0.1) is 11.3 Å². The van der Waals surface area contributed by atoms with Gasteiger partial charge in [-0.15, -0.1) is 0 Å². The third-order valence-corrected chi connectivity index (χ3v) is 18.0. The van der Waals surface area contributed by atoms with E-state index in [4.69, 9.17) is 33.8 Å². The van der Waals surface area contributed by atoms with Crippen LogP contribution in [-0.4, -0.2) is 86.3 Å². The fourth-order valence-electron chi connectivity index (χ4n) is 7.30. The summed E-state index contributed by atoms with van der Waals surface area (Å²) in [4.78, 5) is 30.2. The molecule has 1 saturated heterocycles. The van der Waals surface area contributed by atoms with Gasteiger partial charge in [0.05, 0.1) is 41.3 Å². The molecule has 1 aliphatic heterocycles. The fourth-order valence-corrected chi connectivity index (χ4v) is 10.4. The smallest absolute Gasteiger partial charge is 0.351 e. The van der Waals surface area contributed by atoms with Gasteiger partial charge >= 0.3 is 5.69 Å². The van der Waals surface area contributed by atoms with E-state index in [1.807, 2.05) is 78.9 Å². The van der Waals surface area contributed by atoms with Crippen LogP contribution in [0.25, 0.3) is 0 Å². The molecule has 2 unspecified atom stereocenters. The van der Waals surface area contributed by atoms with E-state index < -0.39 is 58.6 Å². The van der Waals surface area contributed by atoms with Gasteiger partial charge in [0.25, 0.3) is 8.53 Å². The molecule has 1 fully saturated rings. The van der Waals surface area contributed by atoms with Crippen molar-refractivity contribution in [2.24, 2.45) is 0 Å². The van der Waals surface area contributed by atoms with Crippen LogP contribution in [0.5, 0.6) is 11.5 Å². The lowest BCUT2D eigenvalue weighted by Crippen LogP contribution is -2.50. The van der Waals surface area contributed by atoms with Crippen LogP contribution in [0.1, 0.15) is 86.1 Å². The summed E-state index contributed by atoms with van der Waals surface area (Å²) in [5.74, 6) is 0.694. The van der Waals surface area contributed by atoms with E-state index in [0.717, 1.165) is 16.7 Å². The minimum atomic E-state index is -2.72. The van der Waals surface area contributed by atoms with Crippen LogP contribution in [0.4, 0.5) is 5.82 Å². The van der Waals surface area contributed by atoms with Gasteiger partial charge in [-0.1, -0.05) is 75.4 Å². The number of rotatable bonds is 20. The molecular formula is C47H64N5O9PSi. The van der Waals surface area contributed by atoms with Crippen molar-refractivity contribution in [2.45, 2.75) is 122 Å². The zero-order valence-electron chi connectivity index (χ0n) is 39.6. The fraction of sp³-hybridized carbons (Fsp3) is 0.489. The zero-order valence-corrected chi connectivity index (χ0v) is 40.5. The summed E-state index contributed by atoms with van der Waals surface area (Å²) in [5, 5.41) is 11.7. The van der Waals surface area contributed by atoms with E-state index >= 15 is 0 Å². The van der Waals surface area contributed by atoms with Gasteiger partial charge in [-0.3, -0.25) is 9.36 Å². The number of hydrogen-bond donors (Lipinski definition) is 1. The van der Waals surface area contributed by atoms with Gasteiger partial charge in [0, 0.05) is 25.2 Å². The Morgan fingerprint density at radius 1 is 0.952 bits per heavy atom. The van der Waals surface area contributed by atoms with Gasteiger partial charge in [0.15, 0.2) is 14.5 Å². The van der Waals surface area contributed by atoms with E-state index in [9.17, 15) is 14.9 Å². The van der Waals surface area contributed by atoms with Crippen LogP contribution in [0.3, 0.4) is 0 Å². The van der Waals surface area contributed by atoms with Crippen molar-refractivity contribution in [3.05, 3.63) is 118 Å². The molecule has 1 aliphatic rings. The Morgan fingerprint density at radius 3 is 2.00 bits per heavy atom. The van der Waals surface area contributed by atoms with Crippen molar-refractivity contribution < 1.29 is 38.6 Å². The van der Waals surface area contributed by atoms with Crippen molar-refractivity contribution >= 4 is 28.6 Å². The number of carbonyl (C=O) groups is 1. The molecule has 0 bridgehead atoms. The lowest BCUT2D eigenvalue weighted by molar-refractivity contribution is -0.114. The van der Waals surface area contributed by atoms with E-state index in [1.165, 1.54) is 17.7 Å². The second-order valence-corrected chi connectivity index (χ2v) is 23.6. The number of nitrogens with one attached hydrogen (secondary N) is 1. The molecule has 2 heterocycles. The maximum absolute atomic E-state index is 14.1. The zero-order chi connectivity index (χ0) is 47.0. The molecule has 1 N–H and O–H groups in total. The normalized spacial score (nSPS) is 18.9. The molecule has 4 aromatic rings. The van der Waals surface area contributed by atoms with Crippen molar-refractivity contribution in [3.63, 3.8) is 0 Å². The van der Waals surface area contributed by atoms with E-state index in [-0.39, 0.29) is 48.6 Å². The number of hydrogen-bond acceptors (Lipinski definition) is 12. The second kappa shape index (κ2) is 21.5. The number of nitriles is 1. The van der Waals surface area contributed by atoms with Gasteiger partial charge in [-0.25, -0.2) is 9.46 Å². The summed E-state index contributed by atoms with van der Waals surface area (Å²) >= 11 is 0. The first-order chi connectivity index (χ1) is 30.3. The predicted molar refractivity (Wildman–Crippen MR) is 247 cm³/mol. The Hall–Kier alpha value is -4.49. The van der Waals surface area contributed by atoms with Crippen molar-refractivity contribution in [1.82, 2.24) is 14.2 Å². The predicted octanol–water partition coefficient (Wildman–Crippen LogP) is 9.18. The SMILES string of the molecule is [2H]c1[13cH]n([13C@@H]2O[C@H](COC(c3ccccc3)(c3ccc(OC)cc3)c3ccc(OC)cc3)C(OP(OCCC#N)N(C(C)C)C(C)C)[C@@H]2O[Si](C)(C)C(C)(C)C)c(=O)nc1NC(C)=O. The van der Waals surface area contributed by atoms with Crippen LogP contribution in [0.2, 0.25) is 18.1 Å². The van der Waals surface area contributed by atoms with Gasteiger partial charge in [0.2, 0.25) is 5.91 Å². The summed E-state index contributed by atoms with van der Waals surface area (Å²) in [6, 6.07) is 27.2. The van der Waals surface area contributed by atoms with E-state index in [0.29, 0.717) is 11.5 Å². The number of benzene rings is 3. The largest absolute Gasteiger partial charge is 0.497 e. The molecule has 5 atom stereocenters. The Kier molecular flexibility index (Phi) is 16.3. The summed E-state index contributed by atoms with van der Waals surface area (Å²) in [5.41, 5.74) is 0.414. The molecule has 16 heteroatoms. The average molecular weight is 905 g/mol. The molecule has 1 aromatic heterocycles. The monoisotopic (exact) mass is 904 g/mol. The van der Waals surface area contributed by atoms with Gasteiger partial charge in [0.1, 0.15) is 41.2 Å². The quantitative estimate of drug-likeness (QED) is 0.0296. The lowest BCUT2D eigenvalue weighted by Gasteiger charge is -2.42. The highest BCUT2D eigenvalue weighted by Gasteiger charge is 2.54. The summed E-state index contributed by atoms with van der Waals surface area (Å²) in [6.45, 7) is 20.1. The Bertz CT molecular complexity index is 2200. The van der Waals surface area contributed by atoms with Crippen molar-refractivity contribution in [3.8, 4) is 17.6 Å². The molecule has 0 spiro atoms. The highest BCUT2D eigenvalue weighted by atomic mass is 31.2. The topological polar surface area (TPSA) is 156 Å². The molecule has 0 saturated carbocycles. The van der Waals surface area contributed by atoms with Crippen LogP contribution in [0.15, 0.2) is 95.9 Å². The third kappa shape index (κ3) is 11.6. The van der Waals surface area contributed by atoms with Crippen LogP contribution < -0.4 is 20.5 Å². The maximum Gasteiger partial charge on any atom is 0.351 e. The average Bonchev–Trinajstić information content (AvgIpc) is 3.57. The Balaban J connectivity index is 1.76. The summed E-state index contributed by atoms with van der Waals surface area (Å²) in [6.07, 6.45) is -2.55. The molecular weight excluding hydrogens is 840 g/mol. The second-order valence-electron chi connectivity index (χ2n) is 17.4. The standard InChI is InChI=1S/C47H64N5O9PSi/c1-32(2)52(33(3)4)62(58-30-16-28-48)60-42-40(59-44(43(42)61-63(11,12)46(6,7)8)51-29-27-41(49-34(5)53)50-45(51)54)31-57-47(35-17-14-13-15-18-35,36-19-23-38(55-9)24-20-36)37-21-25-39(56-10)26-22-37/h13-15,17-27,29,32-33,40,42-44H,16,30-31H2,1-12H3,(H,49,50,53,54)/t40-,42?,43+,44-,62?/m1/s1/i27D,29+1,44+1.